The summed E-state index contributed by atoms with van der Waals surface area (Å²) < 4.78 is 43.7. The molecular formula is C21H17F3N4O2. The Kier molecular flexibility index (Phi) is 4.41. The van der Waals surface area contributed by atoms with Gasteiger partial charge in [-0.25, -0.2) is 9.67 Å². The van der Waals surface area contributed by atoms with Crippen molar-refractivity contribution in [1.29, 1.82) is 0 Å². The van der Waals surface area contributed by atoms with Gasteiger partial charge in [0, 0.05) is 19.7 Å². The highest BCUT2D eigenvalue weighted by Crippen LogP contribution is 2.40. The number of halogens is 3. The second-order valence-electron chi connectivity index (χ2n) is 6.93. The fourth-order valence-corrected chi connectivity index (χ4v) is 3.58. The second kappa shape index (κ2) is 6.72. The van der Waals surface area contributed by atoms with Crippen LogP contribution in [-0.2, 0) is 18.0 Å². The molecule has 9 heteroatoms. The number of likely N-dealkylation sites (N-methyl/N-ethyl adjacent to an activating group) is 1. The molecule has 1 aliphatic heterocycles. The molecular weight excluding hydrogens is 397 g/mol. The van der Waals surface area contributed by atoms with Gasteiger partial charge in [-0.1, -0.05) is 24.3 Å². The number of benzene rings is 2. The van der Waals surface area contributed by atoms with Gasteiger partial charge in [-0.2, -0.15) is 13.2 Å². The molecule has 1 aromatic heterocycles. The van der Waals surface area contributed by atoms with Crippen molar-refractivity contribution in [2.24, 2.45) is 12.0 Å². The molecule has 0 unspecified atom stereocenters. The highest BCUT2D eigenvalue weighted by Gasteiger charge is 2.42. The summed E-state index contributed by atoms with van der Waals surface area (Å²) in [7, 11) is 3.02. The zero-order chi connectivity index (χ0) is 21.8. The number of amides is 1. The van der Waals surface area contributed by atoms with E-state index >= 15 is 0 Å². The Hall–Kier alpha value is -3.62. The van der Waals surface area contributed by atoms with Gasteiger partial charge in [-0.15, -0.1) is 0 Å². The molecule has 1 aliphatic rings. The normalized spacial score (nSPS) is 15.2. The smallest absolute Gasteiger partial charge is 0.309 e. The maximum atomic E-state index is 13.6. The van der Waals surface area contributed by atoms with Crippen LogP contribution < -0.4 is 10.5 Å². The van der Waals surface area contributed by atoms with E-state index in [1.165, 1.54) is 23.9 Å². The number of hydrogen-bond acceptors (Lipinski definition) is 3. The molecule has 3 aromatic rings. The van der Waals surface area contributed by atoms with E-state index in [-0.39, 0.29) is 16.9 Å². The molecule has 0 atom stereocenters. The van der Waals surface area contributed by atoms with E-state index in [0.29, 0.717) is 11.4 Å². The minimum atomic E-state index is -4.67. The lowest BCUT2D eigenvalue weighted by Gasteiger charge is -2.12. The van der Waals surface area contributed by atoms with Crippen LogP contribution in [0, 0.1) is 6.92 Å². The number of aromatic nitrogens is 2. The van der Waals surface area contributed by atoms with Crippen LogP contribution in [0.15, 0.2) is 58.3 Å². The number of carbonyl (C=O) groups is 1. The monoisotopic (exact) mass is 414 g/mol. The van der Waals surface area contributed by atoms with Gasteiger partial charge in [-0.05, 0) is 31.2 Å². The van der Waals surface area contributed by atoms with E-state index in [2.05, 4.69) is 4.99 Å². The van der Waals surface area contributed by atoms with Gasteiger partial charge in [-0.3, -0.25) is 14.3 Å². The number of rotatable bonds is 2. The van der Waals surface area contributed by atoms with Crippen molar-refractivity contribution in [3.63, 3.8) is 0 Å². The summed E-state index contributed by atoms with van der Waals surface area (Å²) in [5, 5.41) is 0. The number of aliphatic imine (C=N–C) groups is 1. The molecule has 1 amide bonds. The minimum absolute atomic E-state index is 0.0806. The number of anilines is 1. The summed E-state index contributed by atoms with van der Waals surface area (Å²) in [5.74, 6) is -0.699. The van der Waals surface area contributed by atoms with E-state index < -0.39 is 28.9 Å². The first-order chi connectivity index (χ1) is 14.1. The van der Waals surface area contributed by atoms with Crippen molar-refractivity contribution in [3.05, 3.63) is 75.7 Å². The molecule has 0 spiro atoms. The topological polar surface area (TPSA) is 59.6 Å². The van der Waals surface area contributed by atoms with Crippen LogP contribution in [-0.4, -0.2) is 28.0 Å². The Morgan fingerprint density at radius 2 is 1.60 bits per heavy atom. The summed E-state index contributed by atoms with van der Waals surface area (Å²) in [6, 6.07) is 12.3. The average molecular weight is 414 g/mol. The van der Waals surface area contributed by atoms with Gasteiger partial charge >= 0.3 is 6.18 Å². The van der Waals surface area contributed by atoms with Gasteiger partial charge in [0.1, 0.15) is 5.71 Å². The summed E-state index contributed by atoms with van der Waals surface area (Å²) in [6.45, 7) is 1.62. The summed E-state index contributed by atoms with van der Waals surface area (Å²) >= 11 is 0. The Balaban J connectivity index is 1.98. The maximum Gasteiger partial charge on any atom is 0.417 e. The Labute approximate surface area is 169 Å². The summed E-state index contributed by atoms with van der Waals surface area (Å²) in [5.41, 5.74) is -1.18. The number of nitrogens with zero attached hydrogens (tertiary/aromatic N) is 4. The lowest BCUT2D eigenvalue weighted by molar-refractivity contribution is -0.137. The molecule has 0 aliphatic carbocycles. The quantitative estimate of drug-likeness (QED) is 0.643. The lowest BCUT2D eigenvalue weighted by atomic mass is 10.0. The van der Waals surface area contributed by atoms with E-state index in [4.69, 9.17) is 0 Å². The first-order valence-corrected chi connectivity index (χ1v) is 9.04. The van der Waals surface area contributed by atoms with Crippen molar-refractivity contribution in [1.82, 2.24) is 9.36 Å². The third-order valence-corrected chi connectivity index (χ3v) is 5.20. The maximum absolute atomic E-state index is 13.6. The molecule has 0 fully saturated rings. The molecule has 0 saturated heterocycles. The van der Waals surface area contributed by atoms with Crippen molar-refractivity contribution in [2.45, 2.75) is 13.1 Å². The number of hydrogen-bond donors (Lipinski definition) is 0. The molecule has 0 radical (unpaired) electrons. The van der Waals surface area contributed by atoms with E-state index in [0.717, 1.165) is 11.0 Å². The van der Waals surface area contributed by atoms with Crippen LogP contribution in [0.4, 0.5) is 24.5 Å². The highest BCUT2D eigenvalue weighted by molar-refractivity contribution is 6.55. The minimum Gasteiger partial charge on any atom is -0.309 e. The molecule has 0 saturated carbocycles. The van der Waals surface area contributed by atoms with Crippen LogP contribution in [0.3, 0.4) is 0 Å². The third kappa shape index (κ3) is 2.85. The molecule has 2 aromatic carbocycles. The first kappa shape index (κ1) is 19.7. The molecule has 0 N–H and O–H groups in total. The van der Waals surface area contributed by atoms with Crippen LogP contribution in [0.25, 0.3) is 5.69 Å². The zero-order valence-electron chi connectivity index (χ0n) is 16.4. The van der Waals surface area contributed by atoms with Gasteiger partial charge in [0.25, 0.3) is 11.5 Å². The van der Waals surface area contributed by atoms with Gasteiger partial charge in [0.2, 0.25) is 0 Å². The Morgan fingerprint density at radius 3 is 2.23 bits per heavy atom. The Bertz CT molecular complexity index is 1250. The van der Waals surface area contributed by atoms with E-state index in [1.807, 2.05) is 0 Å². The van der Waals surface area contributed by atoms with Crippen molar-refractivity contribution < 1.29 is 18.0 Å². The molecule has 0 bridgehead atoms. The van der Waals surface area contributed by atoms with Crippen LogP contribution in [0.1, 0.15) is 16.8 Å². The van der Waals surface area contributed by atoms with E-state index in [1.54, 1.807) is 49.0 Å². The van der Waals surface area contributed by atoms with Gasteiger partial charge < -0.3 is 4.90 Å². The van der Waals surface area contributed by atoms with Gasteiger partial charge in [0.05, 0.1) is 22.6 Å². The average Bonchev–Trinajstić information content (AvgIpc) is 3.07. The van der Waals surface area contributed by atoms with Crippen LogP contribution in [0.2, 0.25) is 0 Å². The standard InChI is InChI=1S/C21H17F3N4O2/c1-12-17(20(30)28(27(12)3)13-8-5-4-6-9-13)25-18-16-14(21(22,23)24)10-7-11-15(16)26(2)19(18)29/h4-11H,1-3H3. The number of carbonyl (C=O) groups excluding carboxylic acids is 1. The van der Waals surface area contributed by atoms with Crippen LogP contribution >= 0.6 is 0 Å². The zero-order valence-corrected chi connectivity index (χ0v) is 16.4. The molecule has 2 heterocycles. The number of para-hydroxylation sites is 1. The Morgan fingerprint density at radius 1 is 0.933 bits per heavy atom. The first-order valence-electron chi connectivity index (χ1n) is 9.04. The van der Waals surface area contributed by atoms with Crippen molar-refractivity contribution in [3.8, 4) is 5.69 Å². The van der Waals surface area contributed by atoms with Gasteiger partial charge in [0.15, 0.2) is 5.69 Å². The predicted molar refractivity (Wildman–Crippen MR) is 107 cm³/mol. The summed E-state index contributed by atoms with van der Waals surface area (Å²) in [4.78, 5) is 31.1. The van der Waals surface area contributed by atoms with Crippen LogP contribution in [0.5, 0.6) is 0 Å². The molecule has 4 rings (SSSR count). The van der Waals surface area contributed by atoms with Crippen molar-refractivity contribution >= 4 is 23.0 Å². The fraction of sp³-hybridized carbons (Fsp3) is 0.190. The SMILES string of the molecule is Cc1c(N=C2C(=O)N(C)c3cccc(C(F)(F)F)c32)c(=O)n(-c2ccccc2)n1C. The molecule has 6 nitrogen and oxygen atoms in total. The van der Waals surface area contributed by atoms with E-state index in [9.17, 15) is 22.8 Å². The second-order valence-corrected chi connectivity index (χ2v) is 6.93. The molecule has 154 valence electrons. The number of alkyl halides is 3. The largest absolute Gasteiger partial charge is 0.417 e. The fourth-order valence-electron chi connectivity index (χ4n) is 3.58. The van der Waals surface area contributed by atoms with Crippen molar-refractivity contribution in [2.75, 3.05) is 11.9 Å². The predicted octanol–water partition coefficient (Wildman–Crippen LogP) is 3.60. The third-order valence-electron chi connectivity index (χ3n) is 5.20. The molecule has 30 heavy (non-hydrogen) atoms. The summed E-state index contributed by atoms with van der Waals surface area (Å²) in [6.07, 6.45) is -4.67. The highest BCUT2D eigenvalue weighted by atomic mass is 19.4. The number of fused-ring (bicyclic) bond motifs is 1. The lowest BCUT2D eigenvalue weighted by Crippen LogP contribution is -2.26.